The van der Waals surface area contributed by atoms with Gasteiger partial charge in [0.2, 0.25) is 5.91 Å². The molecule has 1 amide bonds. The lowest BCUT2D eigenvalue weighted by Gasteiger charge is -2.01. The zero-order valence-electron chi connectivity index (χ0n) is 10.4. The molecular weight excluding hydrogens is 260 g/mol. The highest BCUT2D eigenvalue weighted by molar-refractivity contribution is 6.30. The Morgan fingerprint density at radius 2 is 1.95 bits per heavy atom. The molecule has 0 aliphatic heterocycles. The van der Waals surface area contributed by atoms with E-state index in [1.54, 1.807) is 12.3 Å². The molecule has 0 fully saturated rings. The number of anilines is 1. The van der Waals surface area contributed by atoms with Crippen LogP contribution in [0.4, 0.5) is 11.4 Å². The highest BCUT2D eigenvalue weighted by Gasteiger charge is 1.95. The Balaban J connectivity index is 2.09. The number of aliphatic imine (C=N–C) groups is 1. The van der Waals surface area contributed by atoms with E-state index in [1.807, 2.05) is 42.5 Å². The van der Waals surface area contributed by atoms with Gasteiger partial charge in [-0.1, -0.05) is 29.8 Å². The molecule has 1 N–H and O–H groups in total. The fourth-order valence-corrected chi connectivity index (χ4v) is 1.75. The third-order valence-corrected chi connectivity index (χ3v) is 2.64. The Hall–Kier alpha value is -2.13. The van der Waals surface area contributed by atoms with Crippen LogP contribution in [-0.4, -0.2) is 12.1 Å². The normalized spacial score (nSPS) is 10.6. The number of hydrogen-bond donors (Lipinski definition) is 1. The first kappa shape index (κ1) is 13.3. The third kappa shape index (κ3) is 4.23. The van der Waals surface area contributed by atoms with E-state index in [2.05, 4.69) is 10.3 Å². The first-order chi connectivity index (χ1) is 9.13. The molecule has 3 nitrogen and oxygen atoms in total. The Kier molecular flexibility index (Phi) is 4.31. The average molecular weight is 273 g/mol. The van der Waals surface area contributed by atoms with E-state index in [-0.39, 0.29) is 5.91 Å². The number of carbonyl (C=O) groups excluding carboxylic acids is 1. The number of rotatable bonds is 3. The number of halogens is 1. The first-order valence-electron chi connectivity index (χ1n) is 5.81. The van der Waals surface area contributed by atoms with Crippen LogP contribution in [0.15, 0.2) is 53.5 Å². The molecule has 0 aliphatic carbocycles. The number of amides is 1. The van der Waals surface area contributed by atoms with Gasteiger partial charge in [-0.05, 0) is 35.9 Å². The summed E-state index contributed by atoms with van der Waals surface area (Å²) in [5.74, 6) is -0.0830. The summed E-state index contributed by atoms with van der Waals surface area (Å²) < 4.78 is 0. The average Bonchev–Trinajstić information content (AvgIpc) is 2.37. The third-order valence-electron chi connectivity index (χ3n) is 2.40. The lowest BCUT2D eigenvalue weighted by Crippen LogP contribution is -2.05. The van der Waals surface area contributed by atoms with Gasteiger partial charge < -0.3 is 5.32 Å². The van der Waals surface area contributed by atoms with Gasteiger partial charge in [0.1, 0.15) is 0 Å². The Labute approximate surface area is 116 Å². The molecule has 0 spiro atoms. The van der Waals surface area contributed by atoms with Crippen molar-refractivity contribution in [2.75, 3.05) is 5.32 Å². The summed E-state index contributed by atoms with van der Waals surface area (Å²) in [5, 5.41) is 3.38. The van der Waals surface area contributed by atoms with Gasteiger partial charge in [0.05, 0.1) is 5.69 Å². The summed E-state index contributed by atoms with van der Waals surface area (Å²) in [4.78, 5) is 15.2. The van der Waals surface area contributed by atoms with Crippen LogP contribution in [0.3, 0.4) is 0 Å². The predicted octanol–water partition coefficient (Wildman–Crippen LogP) is 4.05. The van der Waals surface area contributed by atoms with Crippen molar-refractivity contribution < 1.29 is 4.79 Å². The van der Waals surface area contributed by atoms with Gasteiger partial charge in [-0.2, -0.15) is 0 Å². The van der Waals surface area contributed by atoms with Crippen molar-refractivity contribution in [2.24, 2.45) is 4.99 Å². The van der Waals surface area contributed by atoms with Crippen LogP contribution < -0.4 is 5.32 Å². The van der Waals surface area contributed by atoms with Crippen molar-refractivity contribution in [3.63, 3.8) is 0 Å². The van der Waals surface area contributed by atoms with Crippen molar-refractivity contribution in [1.29, 1.82) is 0 Å². The molecule has 4 heteroatoms. The zero-order chi connectivity index (χ0) is 13.7. The lowest BCUT2D eigenvalue weighted by molar-refractivity contribution is -0.114. The second-order valence-corrected chi connectivity index (χ2v) is 4.48. The molecule has 0 bridgehead atoms. The molecule has 0 aliphatic rings. The van der Waals surface area contributed by atoms with Crippen LogP contribution >= 0.6 is 11.6 Å². The molecule has 0 aromatic heterocycles. The van der Waals surface area contributed by atoms with Crippen molar-refractivity contribution in [2.45, 2.75) is 6.92 Å². The van der Waals surface area contributed by atoms with Gasteiger partial charge in [-0.15, -0.1) is 0 Å². The monoisotopic (exact) mass is 272 g/mol. The van der Waals surface area contributed by atoms with Gasteiger partial charge in [-0.3, -0.25) is 9.79 Å². The van der Waals surface area contributed by atoms with Gasteiger partial charge in [-0.25, -0.2) is 0 Å². The molecule has 0 heterocycles. The van der Waals surface area contributed by atoms with E-state index in [9.17, 15) is 4.79 Å². The van der Waals surface area contributed by atoms with E-state index in [0.717, 1.165) is 16.9 Å². The highest BCUT2D eigenvalue weighted by atomic mass is 35.5. The second kappa shape index (κ2) is 6.16. The summed E-state index contributed by atoms with van der Waals surface area (Å²) in [6.45, 7) is 1.48. The highest BCUT2D eigenvalue weighted by Crippen LogP contribution is 2.17. The van der Waals surface area contributed by atoms with Crippen molar-refractivity contribution in [3.8, 4) is 0 Å². The molecule has 19 heavy (non-hydrogen) atoms. The zero-order valence-corrected chi connectivity index (χ0v) is 11.2. The lowest BCUT2D eigenvalue weighted by atomic mass is 10.2. The molecule has 0 saturated heterocycles. The second-order valence-electron chi connectivity index (χ2n) is 4.04. The summed E-state index contributed by atoms with van der Waals surface area (Å²) >= 11 is 5.88. The van der Waals surface area contributed by atoms with Crippen molar-refractivity contribution >= 4 is 35.1 Å². The number of carbonyl (C=O) groups is 1. The molecule has 0 unspecified atom stereocenters. The minimum absolute atomic E-state index is 0.0830. The minimum atomic E-state index is -0.0830. The van der Waals surface area contributed by atoms with Gasteiger partial charge in [0.25, 0.3) is 0 Å². The maximum atomic E-state index is 10.9. The molecular formula is C15H13ClN2O. The quantitative estimate of drug-likeness (QED) is 0.842. The maximum Gasteiger partial charge on any atom is 0.221 e. The Bertz CT molecular complexity index is 606. The molecule has 0 saturated carbocycles. The van der Waals surface area contributed by atoms with Crippen LogP contribution in [0.2, 0.25) is 5.02 Å². The topological polar surface area (TPSA) is 41.5 Å². The Morgan fingerprint density at radius 3 is 2.58 bits per heavy atom. The minimum Gasteiger partial charge on any atom is -0.326 e. The summed E-state index contributed by atoms with van der Waals surface area (Å²) in [6.07, 6.45) is 1.75. The number of nitrogens with one attached hydrogen (secondary N) is 1. The SMILES string of the molecule is CC(=O)Nc1ccc(C=Nc2cccc(Cl)c2)cc1. The van der Waals surface area contributed by atoms with Crippen LogP contribution in [0.1, 0.15) is 12.5 Å². The summed E-state index contributed by atoms with van der Waals surface area (Å²) in [5.41, 5.74) is 2.53. The van der Waals surface area contributed by atoms with Crippen molar-refractivity contribution in [3.05, 3.63) is 59.1 Å². The maximum absolute atomic E-state index is 10.9. The Morgan fingerprint density at radius 1 is 1.21 bits per heavy atom. The van der Waals surface area contributed by atoms with Gasteiger partial charge in [0.15, 0.2) is 0 Å². The fourth-order valence-electron chi connectivity index (χ4n) is 1.56. The van der Waals surface area contributed by atoms with Crippen LogP contribution in [0.25, 0.3) is 0 Å². The molecule has 2 aromatic carbocycles. The summed E-state index contributed by atoms with van der Waals surface area (Å²) in [7, 11) is 0. The molecule has 2 aromatic rings. The standard InChI is InChI=1S/C15H13ClN2O/c1-11(19)18-14-7-5-12(6-8-14)10-17-15-4-2-3-13(16)9-15/h2-10H,1H3,(H,18,19). The molecule has 96 valence electrons. The van der Waals surface area contributed by atoms with Gasteiger partial charge in [0, 0.05) is 23.8 Å². The van der Waals surface area contributed by atoms with E-state index in [1.165, 1.54) is 6.92 Å². The number of nitrogens with zero attached hydrogens (tertiary/aromatic N) is 1. The summed E-state index contributed by atoms with van der Waals surface area (Å²) in [6, 6.07) is 14.8. The van der Waals surface area contributed by atoms with E-state index >= 15 is 0 Å². The molecule has 2 rings (SSSR count). The van der Waals surface area contributed by atoms with Gasteiger partial charge >= 0.3 is 0 Å². The number of benzene rings is 2. The van der Waals surface area contributed by atoms with E-state index in [4.69, 9.17) is 11.6 Å². The van der Waals surface area contributed by atoms with Crippen LogP contribution in [0.5, 0.6) is 0 Å². The smallest absolute Gasteiger partial charge is 0.221 e. The predicted molar refractivity (Wildman–Crippen MR) is 79.5 cm³/mol. The van der Waals surface area contributed by atoms with Crippen LogP contribution in [-0.2, 0) is 4.79 Å². The molecule has 0 radical (unpaired) electrons. The van der Waals surface area contributed by atoms with E-state index in [0.29, 0.717) is 5.02 Å². The molecule has 0 atom stereocenters. The number of hydrogen-bond acceptors (Lipinski definition) is 2. The largest absolute Gasteiger partial charge is 0.326 e. The fraction of sp³-hybridized carbons (Fsp3) is 0.0667. The van der Waals surface area contributed by atoms with Crippen LogP contribution in [0, 0.1) is 0 Å². The van der Waals surface area contributed by atoms with Crippen molar-refractivity contribution in [1.82, 2.24) is 0 Å². The van der Waals surface area contributed by atoms with E-state index < -0.39 is 0 Å². The first-order valence-corrected chi connectivity index (χ1v) is 6.18.